The molecule has 14 nitrogen and oxygen atoms in total. The Hall–Kier alpha value is -3.26. The van der Waals surface area contributed by atoms with Crippen LogP contribution in [0.3, 0.4) is 0 Å². The summed E-state index contributed by atoms with van der Waals surface area (Å²) in [4.78, 5) is 68.0. The van der Waals surface area contributed by atoms with Crippen LogP contribution in [-0.4, -0.2) is 93.7 Å². The van der Waals surface area contributed by atoms with Gasteiger partial charge in [0.25, 0.3) is 0 Å². The molecule has 100 heavy (non-hydrogen) atoms. The van der Waals surface area contributed by atoms with Crippen LogP contribution >= 0.6 is 0 Å². The van der Waals surface area contributed by atoms with Gasteiger partial charge in [-0.25, -0.2) is 4.79 Å². The number of nitrogens with two attached hydrogens (primary N) is 1. The van der Waals surface area contributed by atoms with Crippen LogP contribution in [-0.2, 0) is 61.9 Å². The molecular weight excluding hydrogens is 1250 g/mol. The van der Waals surface area contributed by atoms with Gasteiger partial charge in [0.05, 0.1) is 56.4 Å². The number of rotatable bonds is 25. The number of hydrogen-bond donors (Lipinski definition) is 1. The third-order valence-electron chi connectivity index (χ3n) is 14.9. The second-order valence-electron chi connectivity index (χ2n) is 38.2. The van der Waals surface area contributed by atoms with Crippen molar-refractivity contribution in [3.05, 3.63) is 0 Å². The fraction of sp³-hybridized carbons (Fsp3) is 0.930. The van der Waals surface area contributed by atoms with E-state index < -0.39 is 6.04 Å². The van der Waals surface area contributed by atoms with E-state index in [1.807, 2.05) is 83.1 Å². The first-order valence-electron chi connectivity index (χ1n) is 38.1. The normalized spacial score (nSPS) is 14.3. The van der Waals surface area contributed by atoms with Crippen molar-refractivity contribution in [2.75, 3.05) is 39.6 Å². The van der Waals surface area contributed by atoms with Crippen molar-refractivity contribution >= 4 is 35.8 Å². The Labute approximate surface area is 624 Å². The summed E-state index contributed by atoms with van der Waals surface area (Å²) >= 11 is 0. The second-order valence-corrected chi connectivity index (χ2v) is 38.2. The average molecular weight is 1440 g/mol. The summed E-state index contributed by atoms with van der Waals surface area (Å²) in [6.07, 6.45) is 21.2. The van der Waals surface area contributed by atoms with Crippen LogP contribution < -0.4 is 5.73 Å². The second kappa shape index (κ2) is 59.9. The Morgan fingerprint density at radius 2 is 0.780 bits per heavy atom. The Morgan fingerprint density at radius 1 is 0.400 bits per heavy atom. The van der Waals surface area contributed by atoms with Crippen LogP contribution in [0.25, 0.3) is 0 Å². The Morgan fingerprint density at radius 3 is 1.09 bits per heavy atom. The summed E-state index contributed by atoms with van der Waals surface area (Å²) in [7, 11) is 0. The van der Waals surface area contributed by atoms with Crippen LogP contribution in [0.1, 0.15) is 393 Å². The predicted molar refractivity (Wildman–Crippen MR) is 430 cm³/mol. The van der Waals surface area contributed by atoms with E-state index in [1.165, 1.54) is 44.9 Å². The van der Waals surface area contributed by atoms with Crippen LogP contribution in [0, 0.1) is 72.9 Å². The zero-order chi connectivity index (χ0) is 77.4. The maximum Gasteiger partial charge on any atom is 0.332 e. The fourth-order valence-corrected chi connectivity index (χ4v) is 9.05. The minimum Gasteiger partial charge on any atom is -0.466 e. The summed E-state index contributed by atoms with van der Waals surface area (Å²) < 4.78 is 36.2. The van der Waals surface area contributed by atoms with Gasteiger partial charge < -0.3 is 38.9 Å². The molecule has 2 saturated carbocycles. The zero-order valence-corrected chi connectivity index (χ0v) is 70.9. The topological polar surface area (TPSA) is 193 Å². The number of carbonyl (C=O) groups excluding carboxylic acids is 6. The van der Waals surface area contributed by atoms with E-state index in [-0.39, 0.29) is 122 Å². The molecule has 606 valence electrons. The summed E-state index contributed by atoms with van der Waals surface area (Å²) in [5, 5.41) is 0. The van der Waals surface area contributed by atoms with Crippen LogP contribution in [0.2, 0.25) is 0 Å². The first-order valence-corrected chi connectivity index (χ1v) is 38.1. The van der Waals surface area contributed by atoms with Crippen LogP contribution in [0.4, 0.5) is 0 Å². The molecular formula is C86H179NO13. The monoisotopic (exact) mass is 1430 g/mol. The molecule has 2 N–H and O–H groups in total. The van der Waals surface area contributed by atoms with Crippen molar-refractivity contribution in [3.63, 3.8) is 0 Å². The number of hydrogen-bond acceptors (Lipinski definition) is 14. The number of esters is 6. The summed E-state index contributed by atoms with van der Waals surface area (Å²) in [6.45, 7) is 76.9. The van der Waals surface area contributed by atoms with Gasteiger partial charge in [-0.3, -0.25) is 24.0 Å². The summed E-state index contributed by atoms with van der Waals surface area (Å²) in [6, 6.07) is -0.486. The molecule has 0 aromatic carbocycles. The SMILES string of the molecule is C.C.C.CC(C)(C)CCCOC(=O)C1CCCC1.CC(C)C(N)C(=O)OCCCC(C)(C)C.CC(C)CC(=O)OCCC(C)(C)C.CC(CC(C)(C)C)OC(=O)C(C)C.CC(CC(C)(C)C)OC(=O)C1CCCC1.CCC(C)(C)C.CCCC(C)(C)C.CCCOCC(=O)OCC(C)(C)C. The van der Waals surface area contributed by atoms with Crippen molar-refractivity contribution in [1.29, 1.82) is 0 Å². The van der Waals surface area contributed by atoms with E-state index >= 15 is 0 Å². The van der Waals surface area contributed by atoms with E-state index in [9.17, 15) is 28.8 Å². The van der Waals surface area contributed by atoms with Gasteiger partial charge in [0.2, 0.25) is 0 Å². The third kappa shape index (κ3) is 94.7. The lowest BCUT2D eigenvalue weighted by Gasteiger charge is -2.24. The molecule has 0 heterocycles. The van der Waals surface area contributed by atoms with Crippen LogP contribution in [0.15, 0.2) is 0 Å². The minimum absolute atomic E-state index is 0. The molecule has 0 spiro atoms. The molecule has 3 unspecified atom stereocenters. The third-order valence-corrected chi connectivity index (χ3v) is 14.9. The van der Waals surface area contributed by atoms with Crippen molar-refractivity contribution in [2.24, 2.45) is 78.6 Å². The molecule has 2 rings (SSSR count). The van der Waals surface area contributed by atoms with Gasteiger partial charge in [0, 0.05) is 13.0 Å². The Balaban J connectivity index is -0.000000136. The lowest BCUT2D eigenvalue weighted by Crippen LogP contribution is -2.37. The molecule has 0 aromatic heterocycles. The molecule has 2 aliphatic rings. The standard InChI is InChI=1S/2C13H24O2.C12H25NO2.2C11H22O2.C10H20O3.C7H16.C6H14.3CH4/c1-10(9-13(2,3)4)15-12(14)11-7-5-6-8-11;1-13(2,3)9-6-10-15-12(14)11-7-4-5-8-11;1-9(2)10(13)11(14)15-8-6-7-12(3,4)5;1-8(2)10(12)13-9(3)7-11(4,5)6;1-9(2)8-10(12)13-7-6-11(3,4)5;1-5-6-12-7-9(11)13-8-10(2,3)4;1-5-6-7(2,3)4;1-5-6(2,3)4;;;/h10-11H,5-9H2,1-4H3;11H,4-10H2,1-3H3;9-10H,6-8,13H2,1-5H3;8-9H,7H2,1-6H3;9H,6-8H2,1-5H3;5-8H2,1-4H3;5-6H2,1-4H3;5H2,1-4H3;3*1H4. The highest BCUT2D eigenvalue weighted by atomic mass is 16.6. The molecule has 2 fully saturated rings. The van der Waals surface area contributed by atoms with Crippen molar-refractivity contribution < 1.29 is 61.9 Å². The van der Waals surface area contributed by atoms with Gasteiger partial charge >= 0.3 is 35.8 Å². The fourth-order valence-electron chi connectivity index (χ4n) is 9.05. The maximum atomic E-state index is 11.7. The highest BCUT2D eigenvalue weighted by Crippen LogP contribution is 2.30. The highest BCUT2D eigenvalue weighted by Gasteiger charge is 2.28. The summed E-state index contributed by atoms with van der Waals surface area (Å²) in [5.41, 5.74) is 8.12. The maximum absolute atomic E-state index is 11.7. The molecule has 0 saturated heterocycles. The molecule has 2 aliphatic carbocycles. The van der Waals surface area contributed by atoms with Crippen molar-refractivity contribution in [2.45, 2.75) is 411 Å². The molecule has 0 radical (unpaired) electrons. The molecule has 0 amide bonds. The zero-order valence-electron chi connectivity index (χ0n) is 70.9. The van der Waals surface area contributed by atoms with Crippen molar-refractivity contribution in [1.82, 2.24) is 0 Å². The molecule has 0 bridgehead atoms. The summed E-state index contributed by atoms with van der Waals surface area (Å²) in [5.74, 6) is 0.251. The minimum atomic E-state index is -0.486. The van der Waals surface area contributed by atoms with E-state index in [1.54, 1.807) is 0 Å². The first-order chi connectivity index (χ1) is 43.7. The number of carbonyl (C=O) groups is 6. The molecule has 3 atom stereocenters. The van der Waals surface area contributed by atoms with Crippen LogP contribution in [0.5, 0.6) is 0 Å². The van der Waals surface area contributed by atoms with Gasteiger partial charge in [-0.1, -0.05) is 289 Å². The smallest absolute Gasteiger partial charge is 0.332 e. The van der Waals surface area contributed by atoms with Gasteiger partial charge in [-0.15, -0.1) is 0 Å². The van der Waals surface area contributed by atoms with Gasteiger partial charge in [-0.2, -0.15) is 0 Å². The lowest BCUT2D eigenvalue weighted by molar-refractivity contribution is -0.154. The van der Waals surface area contributed by atoms with Gasteiger partial charge in [0.15, 0.2) is 0 Å². The first kappa shape index (κ1) is 115. The van der Waals surface area contributed by atoms with E-state index in [0.717, 1.165) is 77.0 Å². The lowest BCUT2D eigenvalue weighted by atomic mass is 9.90. The quantitative estimate of drug-likeness (QED) is 0.0515. The van der Waals surface area contributed by atoms with Gasteiger partial charge in [-0.05, 0) is 152 Å². The van der Waals surface area contributed by atoms with E-state index in [2.05, 4.69) is 159 Å². The average Bonchev–Trinajstić information content (AvgIpc) is 1.72. The van der Waals surface area contributed by atoms with E-state index in [0.29, 0.717) is 67.0 Å². The number of ether oxygens (including phenoxy) is 7. The Kier molecular flexibility index (Phi) is 69.0. The van der Waals surface area contributed by atoms with Crippen molar-refractivity contribution in [3.8, 4) is 0 Å². The molecule has 0 aliphatic heterocycles. The van der Waals surface area contributed by atoms with E-state index in [4.69, 9.17) is 38.9 Å². The van der Waals surface area contributed by atoms with Gasteiger partial charge in [0.1, 0.15) is 12.6 Å². The highest BCUT2D eigenvalue weighted by molar-refractivity contribution is 5.76. The Bertz CT molecular complexity index is 1930. The molecule has 0 aromatic rings. The largest absolute Gasteiger partial charge is 0.466 e. The predicted octanol–water partition coefficient (Wildman–Crippen LogP) is 24.6. The molecule has 14 heteroatoms.